The van der Waals surface area contributed by atoms with Crippen molar-refractivity contribution in [2.45, 2.75) is 19.9 Å². The number of nitrogens with one attached hydrogen (secondary N) is 1. The van der Waals surface area contributed by atoms with Crippen LogP contribution in [0.2, 0.25) is 5.15 Å². The van der Waals surface area contributed by atoms with Crippen molar-refractivity contribution in [1.29, 1.82) is 0 Å². The number of nitrogens with two attached hydrogens (primary N) is 1. The van der Waals surface area contributed by atoms with E-state index in [1.165, 1.54) is 13.2 Å². The summed E-state index contributed by atoms with van der Waals surface area (Å²) in [5.74, 6) is -0.0341. The monoisotopic (exact) mass is 309 g/mol. The normalized spacial score (nSPS) is 10.7. The number of ether oxygens (including phenoxy) is 1. The third-order valence-electron chi connectivity index (χ3n) is 2.76. The van der Waals surface area contributed by atoms with Crippen molar-refractivity contribution in [2.24, 2.45) is 0 Å². The summed E-state index contributed by atoms with van der Waals surface area (Å²) >= 11 is 5.84. The molecule has 0 aliphatic heterocycles. The number of amides is 1. The van der Waals surface area contributed by atoms with Crippen molar-refractivity contribution < 1.29 is 9.53 Å². The van der Waals surface area contributed by atoms with Gasteiger partial charge in [-0.2, -0.15) is 4.98 Å². The van der Waals surface area contributed by atoms with Gasteiger partial charge in [0.1, 0.15) is 10.8 Å². The number of halogens is 1. The van der Waals surface area contributed by atoms with Crippen molar-refractivity contribution >= 4 is 29.1 Å². The molecule has 2 aromatic rings. The van der Waals surface area contributed by atoms with Crippen LogP contribution in [0.3, 0.4) is 0 Å². The second-order valence-electron chi connectivity index (χ2n) is 4.67. The van der Waals surface area contributed by atoms with E-state index in [-0.39, 0.29) is 28.9 Å². The first-order valence-corrected chi connectivity index (χ1v) is 6.65. The third kappa shape index (κ3) is 3.43. The Kier molecular flexibility index (Phi) is 4.32. The van der Waals surface area contributed by atoms with E-state index < -0.39 is 0 Å². The van der Waals surface area contributed by atoms with Gasteiger partial charge in [0.05, 0.1) is 12.8 Å². The summed E-state index contributed by atoms with van der Waals surface area (Å²) < 4.78 is 6.75. The smallest absolute Gasteiger partial charge is 0.274 e. The summed E-state index contributed by atoms with van der Waals surface area (Å²) in [7, 11) is 1.45. The standard InChI is InChI=1S/C13H16ClN5O2/c1-7(2)19-6-8(15)4-9(19)12(20)18-13-16-10(14)5-11(17-13)21-3/h4-7H,15H2,1-3H3,(H,16,17,18,20). The number of rotatable bonds is 4. The molecule has 2 heterocycles. The van der Waals surface area contributed by atoms with Crippen LogP contribution in [0.25, 0.3) is 0 Å². The molecule has 0 saturated carbocycles. The minimum Gasteiger partial charge on any atom is -0.481 e. The highest BCUT2D eigenvalue weighted by molar-refractivity contribution is 6.29. The molecule has 0 radical (unpaired) electrons. The van der Waals surface area contributed by atoms with E-state index in [1.54, 1.807) is 16.8 Å². The maximum Gasteiger partial charge on any atom is 0.274 e. The zero-order valence-electron chi connectivity index (χ0n) is 11.9. The van der Waals surface area contributed by atoms with Crippen molar-refractivity contribution in [2.75, 3.05) is 18.2 Å². The fourth-order valence-electron chi connectivity index (χ4n) is 1.83. The summed E-state index contributed by atoms with van der Waals surface area (Å²) in [6.07, 6.45) is 1.71. The van der Waals surface area contributed by atoms with Crippen molar-refractivity contribution in [1.82, 2.24) is 14.5 Å². The number of hydrogen-bond acceptors (Lipinski definition) is 5. The molecule has 3 N–H and O–H groups in total. The van der Waals surface area contributed by atoms with E-state index in [1.807, 2.05) is 13.8 Å². The molecule has 0 spiro atoms. The number of hydrogen-bond donors (Lipinski definition) is 2. The molecule has 0 aliphatic carbocycles. The maximum atomic E-state index is 12.3. The van der Waals surface area contributed by atoms with Crippen LogP contribution in [0.5, 0.6) is 5.88 Å². The van der Waals surface area contributed by atoms with E-state index in [9.17, 15) is 4.79 Å². The van der Waals surface area contributed by atoms with Crippen LogP contribution in [0, 0.1) is 0 Å². The highest BCUT2D eigenvalue weighted by Crippen LogP contribution is 2.19. The molecule has 1 amide bonds. The predicted octanol–water partition coefficient (Wildman–Crippen LogP) is 2.36. The molecule has 2 aromatic heterocycles. The van der Waals surface area contributed by atoms with Gasteiger partial charge in [-0.25, -0.2) is 4.98 Å². The topological polar surface area (TPSA) is 95.1 Å². The lowest BCUT2D eigenvalue weighted by atomic mass is 10.3. The van der Waals surface area contributed by atoms with Gasteiger partial charge in [0.2, 0.25) is 11.8 Å². The molecular weight excluding hydrogens is 294 g/mol. The molecule has 2 rings (SSSR count). The molecule has 21 heavy (non-hydrogen) atoms. The summed E-state index contributed by atoms with van der Waals surface area (Å²) in [5.41, 5.74) is 6.68. The Morgan fingerprint density at radius 1 is 1.43 bits per heavy atom. The Bertz CT molecular complexity index is 669. The minimum atomic E-state index is -0.371. The zero-order chi connectivity index (χ0) is 15.6. The van der Waals surface area contributed by atoms with E-state index in [0.717, 1.165) is 0 Å². The van der Waals surface area contributed by atoms with Crippen LogP contribution in [-0.2, 0) is 0 Å². The molecular formula is C13H16ClN5O2. The molecule has 0 bridgehead atoms. The quantitative estimate of drug-likeness (QED) is 0.845. The van der Waals surface area contributed by atoms with Gasteiger partial charge in [0, 0.05) is 18.3 Å². The third-order valence-corrected chi connectivity index (χ3v) is 2.96. The number of carbonyl (C=O) groups is 1. The summed E-state index contributed by atoms with van der Waals surface area (Å²) in [5, 5.41) is 2.76. The van der Waals surface area contributed by atoms with Crippen molar-refractivity contribution in [3.05, 3.63) is 29.2 Å². The second-order valence-corrected chi connectivity index (χ2v) is 5.06. The molecule has 8 heteroatoms. The fraction of sp³-hybridized carbons (Fsp3) is 0.308. The SMILES string of the molecule is COc1cc(Cl)nc(NC(=O)c2cc(N)cn2C(C)C)n1. The summed E-state index contributed by atoms with van der Waals surface area (Å²) in [4.78, 5) is 20.3. The van der Waals surface area contributed by atoms with Gasteiger partial charge in [0.25, 0.3) is 5.91 Å². The lowest BCUT2D eigenvalue weighted by Gasteiger charge is -2.12. The number of carbonyl (C=O) groups excluding carboxylic acids is 1. The second kappa shape index (κ2) is 6.01. The van der Waals surface area contributed by atoms with Gasteiger partial charge < -0.3 is 15.0 Å². The van der Waals surface area contributed by atoms with Crippen LogP contribution in [0.1, 0.15) is 30.4 Å². The number of aromatic nitrogens is 3. The van der Waals surface area contributed by atoms with Crippen LogP contribution >= 0.6 is 11.6 Å². The molecule has 0 fully saturated rings. The predicted molar refractivity (Wildman–Crippen MR) is 80.8 cm³/mol. The number of anilines is 2. The average molecular weight is 310 g/mol. The van der Waals surface area contributed by atoms with Crippen LogP contribution in [0.4, 0.5) is 11.6 Å². The van der Waals surface area contributed by atoms with Gasteiger partial charge in [-0.1, -0.05) is 11.6 Å². The van der Waals surface area contributed by atoms with Crippen LogP contribution in [0.15, 0.2) is 18.3 Å². The summed E-state index contributed by atoms with van der Waals surface area (Å²) in [6.45, 7) is 3.91. The van der Waals surface area contributed by atoms with E-state index in [0.29, 0.717) is 11.4 Å². The van der Waals surface area contributed by atoms with Crippen LogP contribution < -0.4 is 15.8 Å². The van der Waals surface area contributed by atoms with E-state index in [2.05, 4.69) is 15.3 Å². The zero-order valence-corrected chi connectivity index (χ0v) is 12.7. The largest absolute Gasteiger partial charge is 0.481 e. The Labute approximate surface area is 127 Å². The van der Waals surface area contributed by atoms with Gasteiger partial charge in [-0.3, -0.25) is 10.1 Å². The first kappa shape index (κ1) is 15.1. The molecule has 0 unspecified atom stereocenters. The number of nitrogen functional groups attached to an aromatic ring is 1. The number of nitrogens with zero attached hydrogens (tertiary/aromatic N) is 3. The van der Waals surface area contributed by atoms with Gasteiger partial charge in [-0.15, -0.1) is 0 Å². The van der Waals surface area contributed by atoms with Gasteiger partial charge in [-0.05, 0) is 19.9 Å². The molecule has 0 aliphatic rings. The Morgan fingerprint density at radius 2 is 2.14 bits per heavy atom. The Balaban J connectivity index is 2.28. The first-order valence-electron chi connectivity index (χ1n) is 6.28. The lowest BCUT2D eigenvalue weighted by Crippen LogP contribution is -2.19. The van der Waals surface area contributed by atoms with Crippen molar-refractivity contribution in [3.63, 3.8) is 0 Å². The lowest BCUT2D eigenvalue weighted by molar-refractivity contribution is 0.101. The Morgan fingerprint density at radius 3 is 2.76 bits per heavy atom. The van der Waals surface area contributed by atoms with Gasteiger partial charge in [0.15, 0.2) is 0 Å². The molecule has 0 saturated heterocycles. The summed E-state index contributed by atoms with van der Waals surface area (Å²) in [6, 6.07) is 3.14. The maximum absolute atomic E-state index is 12.3. The fourth-order valence-corrected chi connectivity index (χ4v) is 2.01. The van der Waals surface area contributed by atoms with E-state index in [4.69, 9.17) is 22.1 Å². The molecule has 0 atom stereocenters. The van der Waals surface area contributed by atoms with E-state index >= 15 is 0 Å². The highest BCUT2D eigenvalue weighted by Gasteiger charge is 2.16. The number of methoxy groups -OCH3 is 1. The van der Waals surface area contributed by atoms with Gasteiger partial charge >= 0.3 is 0 Å². The van der Waals surface area contributed by atoms with Crippen molar-refractivity contribution in [3.8, 4) is 5.88 Å². The average Bonchev–Trinajstić information content (AvgIpc) is 2.80. The molecule has 0 aromatic carbocycles. The minimum absolute atomic E-state index is 0.0689. The molecule has 112 valence electrons. The Hall–Kier alpha value is -2.28. The molecule has 7 nitrogen and oxygen atoms in total. The van der Waals surface area contributed by atoms with Crippen LogP contribution in [-0.4, -0.2) is 27.6 Å². The highest BCUT2D eigenvalue weighted by atomic mass is 35.5. The first-order chi connectivity index (χ1) is 9.90.